The molecule has 1 unspecified atom stereocenters. The fraction of sp³-hybridized carbons (Fsp3) is 0.133. The van der Waals surface area contributed by atoms with Gasteiger partial charge in [-0.1, -0.05) is 47.8 Å². The van der Waals surface area contributed by atoms with E-state index in [0.717, 1.165) is 15.8 Å². The predicted molar refractivity (Wildman–Crippen MR) is 76.6 cm³/mol. The summed E-state index contributed by atoms with van der Waals surface area (Å²) in [6.07, 6.45) is 0. The molecule has 3 nitrogen and oxygen atoms in total. The van der Waals surface area contributed by atoms with Crippen LogP contribution in [0, 0.1) is 0 Å². The quantitative estimate of drug-likeness (QED) is 0.680. The molecule has 94 valence electrons. The fourth-order valence-electron chi connectivity index (χ4n) is 2.13. The first-order valence-electron chi connectivity index (χ1n) is 6.07. The summed E-state index contributed by atoms with van der Waals surface area (Å²) in [5, 5.41) is 4.01. The molecule has 0 aliphatic heterocycles. The Balaban J connectivity index is 2.02. The van der Waals surface area contributed by atoms with Crippen LogP contribution in [-0.4, -0.2) is 15.4 Å². The largest absolute Gasteiger partial charge is 0.293 e. The molecular weight excluding hydrogens is 256 g/mol. The van der Waals surface area contributed by atoms with E-state index in [1.807, 2.05) is 55.5 Å². The van der Waals surface area contributed by atoms with Crippen molar-refractivity contribution in [1.29, 1.82) is 0 Å². The first-order valence-corrected chi connectivity index (χ1v) is 6.85. The molecule has 0 bridgehead atoms. The third kappa shape index (κ3) is 2.15. The molecule has 0 N–H and O–H groups in total. The van der Waals surface area contributed by atoms with Gasteiger partial charge >= 0.3 is 0 Å². The van der Waals surface area contributed by atoms with Crippen LogP contribution < -0.4 is 0 Å². The Hall–Kier alpha value is -2.07. The highest BCUT2D eigenvalue weighted by Crippen LogP contribution is 2.26. The number of ketones is 1. The minimum absolute atomic E-state index is 0.114. The Morgan fingerprint density at radius 1 is 1.11 bits per heavy atom. The van der Waals surface area contributed by atoms with Crippen molar-refractivity contribution in [3.8, 4) is 0 Å². The Labute approximate surface area is 115 Å². The molecule has 3 aromatic rings. The Kier molecular flexibility index (Phi) is 3.09. The maximum Gasteiger partial charge on any atom is 0.171 e. The molecule has 1 atom stereocenters. The van der Waals surface area contributed by atoms with Crippen LogP contribution in [0.25, 0.3) is 10.2 Å². The van der Waals surface area contributed by atoms with Crippen LogP contribution >= 0.6 is 11.5 Å². The topological polar surface area (TPSA) is 42.9 Å². The molecule has 0 spiro atoms. The van der Waals surface area contributed by atoms with E-state index in [1.54, 1.807) is 0 Å². The standard InChI is InChI=1S/C15H12N2OS/c1-10(11-6-3-2-4-7-11)14(18)12-8-5-9-13-15(12)19-17-16-13/h2-10H,1H3. The normalized spacial score (nSPS) is 12.5. The number of hydrogen-bond donors (Lipinski definition) is 0. The summed E-state index contributed by atoms with van der Waals surface area (Å²) >= 11 is 1.27. The van der Waals surface area contributed by atoms with Gasteiger partial charge in [0.25, 0.3) is 0 Å². The molecule has 1 aromatic heterocycles. The minimum Gasteiger partial charge on any atom is -0.293 e. The van der Waals surface area contributed by atoms with Gasteiger partial charge in [0, 0.05) is 11.5 Å². The zero-order valence-corrected chi connectivity index (χ0v) is 11.2. The van der Waals surface area contributed by atoms with Gasteiger partial charge < -0.3 is 0 Å². The van der Waals surface area contributed by atoms with Crippen molar-refractivity contribution in [2.24, 2.45) is 0 Å². The molecule has 0 saturated carbocycles. The van der Waals surface area contributed by atoms with Crippen LogP contribution in [0.4, 0.5) is 0 Å². The van der Waals surface area contributed by atoms with Crippen molar-refractivity contribution in [3.05, 3.63) is 59.7 Å². The maximum atomic E-state index is 12.6. The van der Waals surface area contributed by atoms with Crippen LogP contribution in [0.3, 0.4) is 0 Å². The second-order valence-corrected chi connectivity index (χ2v) is 5.18. The first-order chi connectivity index (χ1) is 9.27. The Bertz CT molecular complexity index is 721. The highest BCUT2D eigenvalue weighted by Gasteiger charge is 2.20. The van der Waals surface area contributed by atoms with E-state index in [4.69, 9.17) is 0 Å². The van der Waals surface area contributed by atoms with Crippen molar-refractivity contribution in [1.82, 2.24) is 9.59 Å². The SMILES string of the molecule is CC(C(=O)c1cccc2nnsc12)c1ccccc1. The Morgan fingerprint density at radius 3 is 2.68 bits per heavy atom. The van der Waals surface area contributed by atoms with E-state index >= 15 is 0 Å². The molecule has 0 fully saturated rings. The summed E-state index contributed by atoms with van der Waals surface area (Å²) in [6.45, 7) is 1.94. The number of Topliss-reactive ketones (excluding diaryl/α,β-unsaturated/α-hetero) is 1. The van der Waals surface area contributed by atoms with Crippen LogP contribution in [0.1, 0.15) is 28.8 Å². The van der Waals surface area contributed by atoms with Gasteiger partial charge in [-0.2, -0.15) is 0 Å². The number of carbonyl (C=O) groups is 1. The van der Waals surface area contributed by atoms with Crippen molar-refractivity contribution < 1.29 is 4.79 Å². The highest BCUT2D eigenvalue weighted by atomic mass is 32.1. The molecule has 2 aromatic carbocycles. The number of aromatic nitrogens is 2. The molecule has 19 heavy (non-hydrogen) atoms. The lowest BCUT2D eigenvalue weighted by molar-refractivity contribution is 0.0968. The molecule has 4 heteroatoms. The number of hydrogen-bond acceptors (Lipinski definition) is 4. The molecule has 3 rings (SSSR count). The van der Waals surface area contributed by atoms with Crippen molar-refractivity contribution in [2.75, 3.05) is 0 Å². The second kappa shape index (κ2) is 4.90. The van der Waals surface area contributed by atoms with Crippen molar-refractivity contribution >= 4 is 27.5 Å². The zero-order chi connectivity index (χ0) is 13.2. The summed E-state index contributed by atoms with van der Waals surface area (Å²) < 4.78 is 4.79. The van der Waals surface area contributed by atoms with Crippen LogP contribution in [0.5, 0.6) is 0 Å². The van der Waals surface area contributed by atoms with Gasteiger partial charge in [0.05, 0.1) is 4.70 Å². The van der Waals surface area contributed by atoms with E-state index in [1.165, 1.54) is 11.5 Å². The molecule has 0 aliphatic rings. The lowest BCUT2D eigenvalue weighted by Crippen LogP contribution is -2.09. The predicted octanol–water partition coefficient (Wildman–Crippen LogP) is 3.68. The van der Waals surface area contributed by atoms with Crippen molar-refractivity contribution in [3.63, 3.8) is 0 Å². The summed E-state index contributed by atoms with van der Waals surface area (Å²) in [4.78, 5) is 12.6. The average molecular weight is 268 g/mol. The number of rotatable bonds is 3. The van der Waals surface area contributed by atoms with Crippen LogP contribution in [-0.2, 0) is 0 Å². The van der Waals surface area contributed by atoms with E-state index < -0.39 is 0 Å². The lowest BCUT2D eigenvalue weighted by Gasteiger charge is -2.11. The highest BCUT2D eigenvalue weighted by molar-refractivity contribution is 7.13. The zero-order valence-electron chi connectivity index (χ0n) is 10.4. The number of fused-ring (bicyclic) bond motifs is 1. The van der Waals surface area contributed by atoms with E-state index in [2.05, 4.69) is 9.59 Å². The number of benzene rings is 2. The summed E-state index contributed by atoms with van der Waals surface area (Å²) in [6, 6.07) is 15.4. The second-order valence-electron chi connectivity index (χ2n) is 4.42. The molecule has 0 aliphatic carbocycles. The first kappa shape index (κ1) is 12.0. The van der Waals surface area contributed by atoms with Gasteiger partial charge in [0.15, 0.2) is 5.78 Å². The maximum absolute atomic E-state index is 12.6. The Morgan fingerprint density at radius 2 is 1.89 bits per heavy atom. The molecule has 0 radical (unpaired) electrons. The minimum atomic E-state index is -0.158. The van der Waals surface area contributed by atoms with Gasteiger partial charge in [0.2, 0.25) is 0 Å². The smallest absolute Gasteiger partial charge is 0.171 e. The van der Waals surface area contributed by atoms with Gasteiger partial charge in [-0.05, 0) is 29.2 Å². The van der Waals surface area contributed by atoms with Gasteiger partial charge in [-0.3, -0.25) is 4.79 Å². The summed E-state index contributed by atoms with van der Waals surface area (Å²) in [5.74, 6) is -0.0447. The average Bonchev–Trinajstić information content (AvgIpc) is 2.95. The van der Waals surface area contributed by atoms with E-state index in [0.29, 0.717) is 5.56 Å². The van der Waals surface area contributed by atoms with E-state index in [-0.39, 0.29) is 11.7 Å². The van der Waals surface area contributed by atoms with Crippen molar-refractivity contribution in [2.45, 2.75) is 12.8 Å². The van der Waals surface area contributed by atoms with Gasteiger partial charge in [-0.25, -0.2) is 0 Å². The van der Waals surface area contributed by atoms with Gasteiger partial charge in [-0.15, -0.1) is 5.10 Å². The van der Waals surface area contributed by atoms with Gasteiger partial charge in [0.1, 0.15) is 5.52 Å². The number of nitrogens with zero attached hydrogens (tertiary/aromatic N) is 2. The monoisotopic (exact) mass is 268 g/mol. The molecule has 0 saturated heterocycles. The summed E-state index contributed by atoms with van der Waals surface area (Å²) in [7, 11) is 0. The van der Waals surface area contributed by atoms with E-state index in [9.17, 15) is 4.79 Å². The fourth-order valence-corrected chi connectivity index (χ4v) is 2.80. The van der Waals surface area contributed by atoms with Crippen LogP contribution in [0.15, 0.2) is 48.5 Å². The number of carbonyl (C=O) groups excluding carboxylic acids is 1. The van der Waals surface area contributed by atoms with Crippen LogP contribution in [0.2, 0.25) is 0 Å². The third-order valence-electron chi connectivity index (χ3n) is 3.23. The lowest BCUT2D eigenvalue weighted by atomic mass is 9.92. The third-order valence-corrected chi connectivity index (χ3v) is 4.01. The summed E-state index contributed by atoms with van der Waals surface area (Å²) in [5.41, 5.74) is 2.53. The molecule has 0 amide bonds. The molecule has 1 heterocycles. The molecular formula is C15H12N2OS.